The SMILES string of the molecule is O=C(Cc1ccc(Cl)cc1)N1CCC(n2c(=O)[nH]c3ccccc32)CC1. The molecule has 2 aromatic carbocycles. The van der Waals surface area contributed by atoms with Gasteiger partial charge in [-0.25, -0.2) is 4.79 Å². The third-order valence-corrected chi connectivity index (χ3v) is 5.33. The summed E-state index contributed by atoms with van der Waals surface area (Å²) in [6, 6.07) is 15.2. The van der Waals surface area contributed by atoms with E-state index in [1.807, 2.05) is 45.9 Å². The number of aromatic nitrogens is 2. The Balaban J connectivity index is 1.43. The van der Waals surface area contributed by atoms with Crippen LogP contribution in [-0.2, 0) is 11.2 Å². The lowest BCUT2D eigenvalue weighted by Gasteiger charge is -2.32. The number of fused-ring (bicyclic) bond motifs is 1. The largest absolute Gasteiger partial charge is 0.342 e. The van der Waals surface area contributed by atoms with E-state index in [0.29, 0.717) is 24.5 Å². The molecule has 1 aromatic heterocycles. The summed E-state index contributed by atoms with van der Waals surface area (Å²) in [6.07, 6.45) is 1.96. The number of imidazole rings is 1. The highest BCUT2D eigenvalue weighted by Gasteiger charge is 2.25. The van der Waals surface area contributed by atoms with Crippen molar-refractivity contribution in [3.8, 4) is 0 Å². The van der Waals surface area contributed by atoms with Gasteiger partial charge in [-0.3, -0.25) is 9.36 Å². The molecule has 1 amide bonds. The number of halogens is 1. The molecule has 0 spiro atoms. The molecule has 1 saturated heterocycles. The Morgan fingerprint density at radius 3 is 2.50 bits per heavy atom. The second kappa shape index (κ2) is 7.00. The number of amides is 1. The van der Waals surface area contributed by atoms with Crippen molar-refractivity contribution in [2.75, 3.05) is 13.1 Å². The Morgan fingerprint density at radius 1 is 1.08 bits per heavy atom. The predicted octanol–water partition coefficient (Wildman–Crippen LogP) is 3.39. The smallest absolute Gasteiger partial charge is 0.326 e. The van der Waals surface area contributed by atoms with Crippen LogP contribution in [-0.4, -0.2) is 33.4 Å². The molecule has 1 fully saturated rings. The highest BCUT2D eigenvalue weighted by atomic mass is 35.5. The molecule has 1 aliphatic heterocycles. The number of aromatic amines is 1. The number of piperidine rings is 1. The van der Waals surface area contributed by atoms with Crippen LogP contribution in [0.5, 0.6) is 0 Å². The normalized spacial score (nSPS) is 15.5. The maximum Gasteiger partial charge on any atom is 0.326 e. The van der Waals surface area contributed by atoms with Crippen LogP contribution >= 0.6 is 11.6 Å². The van der Waals surface area contributed by atoms with Crippen molar-refractivity contribution in [3.05, 3.63) is 69.6 Å². The molecule has 0 saturated carbocycles. The van der Waals surface area contributed by atoms with Gasteiger partial charge in [0.15, 0.2) is 0 Å². The van der Waals surface area contributed by atoms with Crippen LogP contribution < -0.4 is 5.69 Å². The van der Waals surface area contributed by atoms with Gasteiger partial charge < -0.3 is 9.88 Å². The zero-order chi connectivity index (χ0) is 18.1. The van der Waals surface area contributed by atoms with Crippen LogP contribution in [0.1, 0.15) is 24.4 Å². The van der Waals surface area contributed by atoms with Gasteiger partial charge in [0.25, 0.3) is 0 Å². The van der Waals surface area contributed by atoms with Crippen LogP contribution in [0.25, 0.3) is 11.0 Å². The van der Waals surface area contributed by atoms with Gasteiger partial charge in [0, 0.05) is 24.2 Å². The second-order valence-electron chi connectivity index (χ2n) is 6.73. The Kier molecular flexibility index (Phi) is 4.55. The average molecular weight is 370 g/mol. The van der Waals surface area contributed by atoms with Gasteiger partial charge in [0.05, 0.1) is 17.5 Å². The molecule has 0 radical (unpaired) electrons. The molecule has 1 N–H and O–H groups in total. The number of hydrogen-bond acceptors (Lipinski definition) is 2. The number of para-hydroxylation sites is 2. The van der Waals surface area contributed by atoms with E-state index in [4.69, 9.17) is 11.6 Å². The number of H-pyrrole nitrogens is 1. The average Bonchev–Trinajstić information content (AvgIpc) is 2.99. The molecule has 26 heavy (non-hydrogen) atoms. The minimum Gasteiger partial charge on any atom is -0.342 e. The fourth-order valence-electron chi connectivity index (χ4n) is 3.70. The summed E-state index contributed by atoms with van der Waals surface area (Å²) in [5.74, 6) is 0.122. The van der Waals surface area contributed by atoms with Crippen molar-refractivity contribution in [3.63, 3.8) is 0 Å². The van der Waals surface area contributed by atoms with Crippen molar-refractivity contribution < 1.29 is 4.79 Å². The Hall–Kier alpha value is -2.53. The van der Waals surface area contributed by atoms with Crippen LogP contribution in [0.3, 0.4) is 0 Å². The summed E-state index contributed by atoms with van der Waals surface area (Å²) < 4.78 is 1.84. The van der Waals surface area contributed by atoms with Crippen LogP contribution in [0.2, 0.25) is 5.02 Å². The molecule has 6 heteroatoms. The highest BCUT2D eigenvalue weighted by Crippen LogP contribution is 2.25. The van der Waals surface area contributed by atoms with Gasteiger partial charge in [-0.15, -0.1) is 0 Å². The lowest BCUT2D eigenvalue weighted by Crippen LogP contribution is -2.41. The number of carbonyl (C=O) groups is 1. The van der Waals surface area contributed by atoms with E-state index >= 15 is 0 Å². The third kappa shape index (κ3) is 3.27. The predicted molar refractivity (Wildman–Crippen MR) is 103 cm³/mol. The number of carbonyl (C=O) groups excluding carboxylic acids is 1. The van der Waals surface area contributed by atoms with E-state index in [2.05, 4.69) is 4.98 Å². The molecular formula is C20H20ClN3O2. The maximum atomic E-state index is 12.5. The fraction of sp³-hybridized carbons (Fsp3) is 0.300. The van der Waals surface area contributed by atoms with Gasteiger partial charge in [-0.2, -0.15) is 0 Å². The van der Waals surface area contributed by atoms with Crippen molar-refractivity contribution in [1.82, 2.24) is 14.5 Å². The first-order valence-electron chi connectivity index (χ1n) is 8.83. The Bertz CT molecular complexity index is 982. The molecule has 0 unspecified atom stereocenters. The number of benzene rings is 2. The fourth-order valence-corrected chi connectivity index (χ4v) is 3.82. The lowest BCUT2D eigenvalue weighted by atomic mass is 10.0. The van der Waals surface area contributed by atoms with Gasteiger partial charge in [-0.05, 0) is 42.7 Å². The zero-order valence-electron chi connectivity index (χ0n) is 14.3. The molecule has 134 valence electrons. The molecule has 0 aliphatic carbocycles. The maximum absolute atomic E-state index is 12.5. The minimum absolute atomic E-state index is 0.0721. The first kappa shape index (κ1) is 16.9. The molecule has 3 aromatic rings. The minimum atomic E-state index is -0.0721. The zero-order valence-corrected chi connectivity index (χ0v) is 15.1. The summed E-state index contributed by atoms with van der Waals surface area (Å²) in [5.41, 5.74) is 2.69. The topological polar surface area (TPSA) is 58.1 Å². The molecule has 4 rings (SSSR count). The standard InChI is InChI=1S/C20H20ClN3O2/c21-15-7-5-14(6-8-15)13-19(25)23-11-9-16(10-12-23)24-18-4-2-1-3-17(18)22-20(24)26/h1-8,16H,9-13H2,(H,22,26). The number of likely N-dealkylation sites (tertiary alicyclic amines) is 1. The van der Waals surface area contributed by atoms with E-state index in [9.17, 15) is 9.59 Å². The second-order valence-corrected chi connectivity index (χ2v) is 7.17. The van der Waals surface area contributed by atoms with Crippen LogP contribution in [0.15, 0.2) is 53.3 Å². The van der Waals surface area contributed by atoms with Gasteiger partial charge in [0.2, 0.25) is 5.91 Å². The molecule has 0 atom stereocenters. The summed E-state index contributed by atoms with van der Waals surface area (Å²) in [4.78, 5) is 29.7. The van der Waals surface area contributed by atoms with E-state index in [0.717, 1.165) is 29.4 Å². The van der Waals surface area contributed by atoms with Crippen molar-refractivity contribution >= 4 is 28.5 Å². The van der Waals surface area contributed by atoms with Crippen molar-refractivity contribution in [1.29, 1.82) is 0 Å². The summed E-state index contributed by atoms with van der Waals surface area (Å²) in [6.45, 7) is 1.34. The number of hydrogen-bond donors (Lipinski definition) is 1. The first-order chi connectivity index (χ1) is 12.6. The quantitative estimate of drug-likeness (QED) is 0.769. The first-order valence-corrected chi connectivity index (χ1v) is 9.21. The summed E-state index contributed by atoms with van der Waals surface area (Å²) in [7, 11) is 0. The van der Waals surface area contributed by atoms with E-state index < -0.39 is 0 Å². The van der Waals surface area contributed by atoms with Crippen molar-refractivity contribution in [2.24, 2.45) is 0 Å². The van der Waals surface area contributed by atoms with Crippen molar-refractivity contribution in [2.45, 2.75) is 25.3 Å². The summed E-state index contributed by atoms with van der Waals surface area (Å²) in [5, 5.41) is 0.672. The molecule has 2 heterocycles. The molecule has 5 nitrogen and oxygen atoms in total. The molecule has 0 bridgehead atoms. The van der Waals surface area contributed by atoms with E-state index in [-0.39, 0.29) is 17.6 Å². The Labute approximate surface area is 156 Å². The monoisotopic (exact) mass is 369 g/mol. The number of nitrogens with one attached hydrogen (secondary N) is 1. The van der Waals surface area contributed by atoms with E-state index in [1.165, 1.54) is 0 Å². The van der Waals surface area contributed by atoms with Crippen LogP contribution in [0.4, 0.5) is 0 Å². The van der Waals surface area contributed by atoms with Crippen LogP contribution in [0, 0.1) is 0 Å². The lowest BCUT2D eigenvalue weighted by molar-refractivity contribution is -0.131. The summed E-state index contributed by atoms with van der Waals surface area (Å²) >= 11 is 5.89. The molecular weight excluding hydrogens is 350 g/mol. The molecule has 1 aliphatic rings. The number of nitrogens with zero attached hydrogens (tertiary/aromatic N) is 2. The third-order valence-electron chi connectivity index (χ3n) is 5.07. The van der Waals surface area contributed by atoms with Gasteiger partial charge >= 0.3 is 5.69 Å². The van der Waals surface area contributed by atoms with Gasteiger partial charge in [-0.1, -0.05) is 35.9 Å². The van der Waals surface area contributed by atoms with E-state index in [1.54, 1.807) is 12.1 Å². The number of rotatable bonds is 3. The van der Waals surface area contributed by atoms with Gasteiger partial charge in [0.1, 0.15) is 0 Å². The highest BCUT2D eigenvalue weighted by molar-refractivity contribution is 6.30. The Morgan fingerprint density at radius 2 is 1.77 bits per heavy atom.